The number of hydrogen-bond donors (Lipinski definition) is 1. The van der Waals surface area contributed by atoms with Crippen LogP contribution >= 0.6 is 11.6 Å². The monoisotopic (exact) mass is 434 g/mol. The van der Waals surface area contributed by atoms with Crippen molar-refractivity contribution in [2.45, 2.75) is 19.2 Å². The number of methoxy groups -OCH3 is 1. The van der Waals surface area contributed by atoms with Gasteiger partial charge in [-0.3, -0.25) is 0 Å². The average Bonchev–Trinajstić information content (AvgIpc) is 3.25. The van der Waals surface area contributed by atoms with E-state index >= 15 is 0 Å². The minimum absolute atomic E-state index is 0.0229. The largest absolute Gasteiger partial charge is 0.497 e. The fraction of sp³-hybridized carbons (Fsp3) is 0.200. The highest BCUT2D eigenvalue weighted by Gasteiger charge is 2.41. The van der Waals surface area contributed by atoms with E-state index in [1.54, 1.807) is 7.11 Å². The second kappa shape index (κ2) is 8.17. The van der Waals surface area contributed by atoms with Crippen LogP contribution in [0, 0.1) is 0 Å². The highest BCUT2D eigenvalue weighted by molar-refractivity contribution is 6.30. The van der Waals surface area contributed by atoms with Crippen molar-refractivity contribution < 1.29 is 14.2 Å². The van der Waals surface area contributed by atoms with Crippen molar-refractivity contribution in [2.75, 3.05) is 13.7 Å². The standard InChI is InChI=1S/C25H23ClN2O3/c1-3-30-23-9-5-8-20-22-15-21(16-10-12-19(29-2)13-11-16)27-28(22)25(31-24(20)23)17-6-4-7-18(26)14-17/h4-15,22,25,27H,3H2,1-2H3. The quantitative estimate of drug-likeness (QED) is 0.554. The first-order valence-corrected chi connectivity index (χ1v) is 10.6. The molecule has 0 amide bonds. The molecule has 2 aliphatic heterocycles. The number of nitrogens with zero attached hydrogens (tertiary/aromatic N) is 1. The first-order chi connectivity index (χ1) is 15.2. The molecule has 2 unspecified atom stereocenters. The molecule has 158 valence electrons. The van der Waals surface area contributed by atoms with Crippen LogP contribution in [0.25, 0.3) is 5.70 Å². The van der Waals surface area contributed by atoms with Crippen LogP contribution in [0.5, 0.6) is 17.2 Å². The molecule has 1 N–H and O–H groups in total. The van der Waals surface area contributed by atoms with Gasteiger partial charge in [-0.1, -0.05) is 35.9 Å². The van der Waals surface area contributed by atoms with Gasteiger partial charge in [-0.2, -0.15) is 5.01 Å². The van der Waals surface area contributed by atoms with Gasteiger partial charge in [0.15, 0.2) is 17.7 Å². The molecule has 0 radical (unpaired) electrons. The molecular formula is C25H23ClN2O3. The number of rotatable bonds is 5. The van der Waals surface area contributed by atoms with Gasteiger partial charge >= 0.3 is 0 Å². The molecule has 0 aliphatic carbocycles. The fourth-order valence-corrected chi connectivity index (χ4v) is 4.28. The molecule has 2 aliphatic rings. The summed E-state index contributed by atoms with van der Waals surface area (Å²) in [7, 11) is 1.67. The lowest BCUT2D eigenvalue weighted by Gasteiger charge is -2.39. The summed E-state index contributed by atoms with van der Waals surface area (Å²) in [5, 5.41) is 2.78. The molecule has 0 saturated carbocycles. The maximum Gasteiger partial charge on any atom is 0.196 e. The Morgan fingerprint density at radius 3 is 2.61 bits per heavy atom. The van der Waals surface area contributed by atoms with Gasteiger partial charge in [0.25, 0.3) is 0 Å². The molecule has 0 fully saturated rings. The fourth-order valence-electron chi connectivity index (χ4n) is 4.08. The van der Waals surface area contributed by atoms with Crippen molar-refractivity contribution in [1.82, 2.24) is 10.4 Å². The Morgan fingerprint density at radius 1 is 1.06 bits per heavy atom. The Balaban J connectivity index is 1.59. The number of nitrogens with one attached hydrogen (secondary N) is 1. The van der Waals surface area contributed by atoms with E-state index < -0.39 is 0 Å². The highest BCUT2D eigenvalue weighted by atomic mass is 35.5. The van der Waals surface area contributed by atoms with E-state index in [0.717, 1.165) is 39.6 Å². The second-order valence-electron chi connectivity index (χ2n) is 7.41. The van der Waals surface area contributed by atoms with Gasteiger partial charge in [-0.05, 0) is 61.0 Å². The third-order valence-electron chi connectivity index (χ3n) is 5.52. The predicted molar refractivity (Wildman–Crippen MR) is 121 cm³/mol. The Kier molecular flexibility index (Phi) is 5.22. The number of para-hydroxylation sites is 1. The minimum Gasteiger partial charge on any atom is -0.497 e. The number of benzene rings is 3. The molecule has 2 heterocycles. The van der Waals surface area contributed by atoms with Crippen LogP contribution in [0.1, 0.15) is 35.9 Å². The van der Waals surface area contributed by atoms with Crippen molar-refractivity contribution in [1.29, 1.82) is 0 Å². The van der Waals surface area contributed by atoms with E-state index in [0.29, 0.717) is 11.6 Å². The topological polar surface area (TPSA) is 43.0 Å². The highest BCUT2D eigenvalue weighted by Crippen LogP contribution is 2.49. The Labute approximate surface area is 186 Å². The number of ether oxygens (including phenoxy) is 3. The summed E-state index contributed by atoms with van der Waals surface area (Å²) in [5.74, 6) is 2.34. The zero-order valence-electron chi connectivity index (χ0n) is 17.3. The van der Waals surface area contributed by atoms with Crippen molar-refractivity contribution >= 4 is 17.3 Å². The predicted octanol–water partition coefficient (Wildman–Crippen LogP) is 5.74. The normalized spacial score (nSPS) is 19.5. The molecule has 0 saturated heterocycles. The minimum atomic E-state index is -0.371. The molecule has 6 heteroatoms. The van der Waals surface area contributed by atoms with Crippen LogP contribution in [-0.4, -0.2) is 18.7 Å². The van der Waals surface area contributed by atoms with Gasteiger partial charge in [-0.25, -0.2) is 0 Å². The van der Waals surface area contributed by atoms with Gasteiger partial charge in [-0.15, -0.1) is 0 Å². The second-order valence-corrected chi connectivity index (χ2v) is 7.84. The van der Waals surface area contributed by atoms with Crippen molar-refractivity contribution in [3.05, 3.63) is 94.5 Å². The van der Waals surface area contributed by atoms with Gasteiger partial charge in [0, 0.05) is 16.1 Å². The molecule has 3 aromatic rings. The molecule has 2 atom stereocenters. The van der Waals surface area contributed by atoms with Crippen LogP contribution in [-0.2, 0) is 0 Å². The molecule has 0 aromatic heterocycles. The SMILES string of the molecule is CCOc1cccc2c1OC(c1cccc(Cl)c1)N1NC(c3ccc(OC)cc3)=CC21. The molecule has 5 nitrogen and oxygen atoms in total. The summed E-state index contributed by atoms with van der Waals surface area (Å²) in [5.41, 5.74) is 7.66. The van der Waals surface area contributed by atoms with Crippen molar-refractivity contribution in [3.8, 4) is 17.2 Å². The van der Waals surface area contributed by atoms with Gasteiger partial charge in [0.1, 0.15) is 5.75 Å². The van der Waals surface area contributed by atoms with Crippen molar-refractivity contribution in [2.24, 2.45) is 0 Å². The van der Waals surface area contributed by atoms with E-state index in [1.807, 2.05) is 67.6 Å². The molecule has 31 heavy (non-hydrogen) atoms. The van der Waals surface area contributed by atoms with E-state index in [1.165, 1.54) is 0 Å². The van der Waals surface area contributed by atoms with Crippen LogP contribution in [0.4, 0.5) is 0 Å². The summed E-state index contributed by atoms with van der Waals surface area (Å²) in [6, 6.07) is 21.8. The van der Waals surface area contributed by atoms with Gasteiger partial charge in [0.05, 0.1) is 25.5 Å². The van der Waals surface area contributed by atoms with E-state index in [9.17, 15) is 0 Å². The summed E-state index contributed by atoms with van der Waals surface area (Å²) < 4.78 is 17.7. The molecule has 3 aromatic carbocycles. The van der Waals surface area contributed by atoms with Crippen LogP contribution in [0.3, 0.4) is 0 Å². The Bertz CT molecular complexity index is 1130. The lowest BCUT2D eigenvalue weighted by molar-refractivity contribution is -0.0345. The third-order valence-corrected chi connectivity index (χ3v) is 5.75. The number of hydrogen-bond acceptors (Lipinski definition) is 5. The number of halogens is 1. The lowest BCUT2D eigenvalue weighted by Crippen LogP contribution is -2.43. The summed E-state index contributed by atoms with van der Waals surface area (Å²) in [4.78, 5) is 0. The lowest BCUT2D eigenvalue weighted by atomic mass is 10.00. The molecule has 0 bridgehead atoms. The van der Waals surface area contributed by atoms with Gasteiger partial charge in [0.2, 0.25) is 0 Å². The van der Waals surface area contributed by atoms with E-state index in [4.69, 9.17) is 25.8 Å². The van der Waals surface area contributed by atoms with Crippen LogP contribution < -0.4 is 19.6 Å². The Morgan fingerprint density at radius 2 is 1.87 bits per heavy atom. The zero-order valence-corrected chi connectivity index (χ0v) is 18.1. The van der Waals surface area contributed by atoms with E-state index in [-0.39, 0.29) is 12.3 Å². The maximum absolute atomic E-state index is 6.52. The van der Waals surface area contributed by atoms with E-state index in [2.05, 4.69) is 22.6 Å². The summed E-state index contributed by atoms with van der Waals surface area (Å²) in [6.07, 6.45) is 1.85. The number of fused-ring (bicyclic) bond motifs is 3. The van der Waals surface area contributed by atoms with Crippen molar-refractivity contribution in [3.63, 3.8) is 0 Å². The van der Waals surface area contributed by atoms with Crippen LogP contribution in [0.15, 0.2) is 72.8 Å². The maximum atomic E-state index is 6.52. The first kappa shape index (κ1) is 19.8. The average molecular weight is 435 g/mol. The molecule has 5 rings (SSSR count). The summed E-state index contributed by atoms with van der Waals surface area (Å²) >= 11 is 6.30. The zero-order chi connectivity index (χ0) is 21.4. The smallest absolute Gasteiger partial charge is 0.196 e. The Hall–Kier alpha value is -3.15. The third kappa shape index (κ3) is 3.60. The molecular weight excluding hydrogens is 412 g/mol. The number of hydrazine groups is 1. The summed E-state index contributed by atoms with van der Waals surface area (Å²) in [6.45, 7) is 2.54. The van der Waals surface area contributed by atoms with Crippen LogP contribution in [0.2, 0.25) is 5.02 Å². The first-order valence-electron chi connectivity index (χ1n) is 10.3. The van der Waals surface area contributed by atoms with Gasteiger partial charge < -0.3 is 19.6 Å². The molecule has 0 spiro atoms.